The smallest absolute Gasteiger partial charge is 0.354 e. The number of hydrogen-bond acceptors (Lipinski definition) is 3. The predicted octanol–water partition coefficient (Wildman–Crippen LogP) is 3.07. The first-order valence-electron chi connectivity index (χ1n) is 5.53. The Morgan fingerprint density at radius 2 is 1.95 bits per heavy atom. The van der Waals surface area contributed by atoms with E-state index in [1.807, 2.05) is 0 Å². The fraction of sp³-hybridized carbons (Fsp3) is 0. The monoisotopic (exact) mass is 356 g/mol. The number of carboxylic acid groups (broad SMARTS) is 1. The van der Waals surface area contributed by atoms with E-state index >= 15 is 0 Å². The number of aromatic nitrogens is 1. The molecule has 0 fully saturated rings. The number of carbonyl (C=O) groups excluding carboxylic acids is 1. The lowest BCUT2D eigenvalue weighted by molar-refractivity contribution is 0.0690. The van der Waals surface area contributed by atoms with Crippen LogP contribution in [0.25, 0.3) is 0 Å². The van der Waals surface area contributed by atoms with Crippen LogP contribution in [0.4, 0.5) is 14.5 Å². The van der Waals surface area contributed by atoms with Gasteiger partial charge in [0.15, 0.2) is 5.82 Å². The number of aromatic carboxylic acids is 1. The normalized spacial score (nSPS) is 10.2. The van der Waals surface area contributed by atoms with Crippen LogP contribution >= 0.6 is 15.9 Å². The van der Waals surface area contributed by atoms with Gasteiger partial charge in [0, 0.05) is 22.3 Å². The van der Waals surface area contributed by atoms with Crippen molar-refractivity contribution < 1.29 is 23.5 Å². The van der Waals surface area contributed by atoms with Crippen molar-refractivity contribution in [2.75, 3.05) is 5.32 Å². The molecule has 0 saturated carbocycles. The van der Waals surface area contributed by atoms with Gasteiger partial charge in [0.05, 0.1) is 5.69 Å². The van der Waals surface area contributed by atoms with E-state index in [1.54, 1.807) is 0 Å². The van der Waals surface area contributed by atoms with Crippen molar-refractivity contribution in [3.8, 4) is 0 Å². The lowest BCUT2D eigenvalue weighted by Gasteiger charge is -2.09. The second kappa shape index (κ2) is 5.96. The molecule has 0 aliphatic carbocycles. The minimum absolute atomic E-state index is 0.0157. The third kappa shape index (κ3) is 3.40. The Hall–Kier alpha value is -2.35. The van der Waals surface area contributed by atoms with Crippen molar-refractivity contribution in [2.24, 2.45) is 0 Å². The molecule has 2 aromatic rings. The number of benzene rings is 1. The molecule has 0 spiro atoms. The SMILES string of the molecule is O=C(Nc1c(F)cc(F)cc1Br)c1ccnc(C(=O)O)c1. The molecule has 5 nitrogen and oxygen atoms in total. The maximum atomic E-state index is 13.6. The minimum atomic E-state index is -1.29. The molecule has 2 rings (SSSR count). The largest absolute Gasteiger partial charge is 0.477 e. The van der Waals surface area contributed by atoms with Gasteiger partial charge in [-0.15, -0.1) is 0 Å². The summed E-state index contributed by atoms with van der Waals surface area (Å²) in [4.78, 5) is 26.3. The molecule has 21 heavy (non-hydrogen) atoms. The van der Waals surface area contributed by atoms with E-state index in [1.165, 1.54) is 6.07 Å². The summed E-state index contributed by atoms with van der Waals surface area (Å²) >= 11 is 2.94. The van der Waals surface area contributed by atoms with Crippen LogP contribution < -0.4 is 5.32 Å². The van der Waals surface area contributed by atoms with E-state index in [-0.39, 0.29) is 21.4 Å². The van der Waals surface area contributed by atoms with Gasteiger partial charge in [-0.25, -0.2) is 18.6 Å². The zero-order valence-corrected chi connectivity index (χ0v) is 11.8. The highest BCUT2D eigenvalue weighted by Gasteiger charge is 2.15. The molecule has 0 aliphatic rings. The molecule has 0 aliphatic heterocycles. The van der Waals surface area contributed by atoms with Crippen molar-refractivity contribution in [1.29, 1.82) is 0 Å². The average molecular weight is 357 g/mol. The molecule has 0 saturated heterocycles. The Kier molecular flexibility index (Phi) is 4.27. The molecule has 108 valence electrons. The number of pyridine rings is 1. The van der Waals surface area contributed by atoms with Gasteiger partial charge in [-0.3, -0.25) is 4.79 Å². The number of halogens is 3. The molecular weight excluding hydrogens is 350 g/mol. The molecule has 0 bridgehead atoms. The lowest BCUT2D eigenvalue weighted by atomic mass is 10.2. The Morgan fingerprint density at radius 3 is 2.57 bits per heavy atom. The molecule has 0 radical (unpaired) electrons. The van der Waals surface area contributed by atoms with E-state index in [9.17, 15) is 18.4 Å². The fourth-order valence-corrected chi connectivity index (χ4v) is 2.04. The zero-order chi connectivity index (χ0) is 15.6. The van der Waals surface area contributed by atoms with Gasteiger partial charge in [-0.05, 0) is 34.1 Å². The van der Waals surface area contributed by atoms with Crippen molar-refractivity contribution in [1.82, 2.24) is 4.98 Å². The molecule has 1 amide bonds. The van der Waals surface area contributed by atoms with Gasteiger partial charge in [0.1, 0.15) is 11.5 Å². The van der Waals surface area contributed by atoms with Crippen LogP contribution in [0.2, 0.25) is 0 Å². The third-order valence-corrected chi connectivity index (χ3v) is 3.11. The second-order valence-electron chi connectivity index (χ2n) is 3.93. The lowest BCUT2D eigenvalue weighted by Crippen LogP contribution is -2.15. The van der Waals surface area contributed by atoms with E-state index in [2.05, 4.69) is 26.2 Å². The van der Waals surface area contributed by atoms with Crippen molar-refractivity contribution in [2.45, 2.75) is 0 Å². The summed E-state index contributed by atoms with van der Waals surface area (Å²) in [5.74, 6) is -3.79. The van der Waals surface area contributed by atoms with E-state index < -0.39 is 23.5 Å². The first kappa shape index (κ1) is 15.0. The molecule has 2 N–H and O–H groups in total. The van der Waals surface area contributed by atoms with Crippen molar-refractivity contribution in [3.63, 3.8) is 0 Å². The van der Waals surface area contributed by atoms with Gasteiger partial charge in [0.25, 0.3) is 5.91 Å². The molecule has 1 aromatic heterocycles. The molecule has 0 unspecified atom stereocenters. The predicted molar refractivity (Wildman–Crippen MR) is 73.2 cm³/mol. The Morgan fingerprint density at radius 1 is 1.24 bits per heavy atom. The summed E-state index contributed by atoms with van der Waals surface area (Å²) in [6.45, 7) is 0. The molecule has 1 aromatic carbocycles. The van der Waals surface area contributed by atoms with Crippen LogP contribution in [0.15, 0.2) is 34.9 Å². The summed E-state index contributed by atoms with van der Waals surface area (Å²) < 4.78 is 26.6. The number of anilines is 1. The van der Waals surface area contributed by atoms with Crippen LogP contribution in [0, 0.1) is 11.6 Å². The highest BCUT2D eigenvalue weighted by molar-refractivity contribution is 9.10. The number of hydrogen-bond donors (Lipinski definition) is 2. The number of nitrogens with zero attached hydrogens (tertiary/aromatic N) is 1. The van der Waals surface area contributed by atoms with Gasteiger partial charge in [-0.1, -0.05) is 0 Å². The highest BCUT2D eigenvalue weighted by atomic mass is 79.9. The zero-order valence-electron chi connectivity index (χ0n) is 10.2. The minimum Gasteiger partial charge on any atom is -0.477 e. The third-order valence-electron chi connectivity index (χ3n) is 2.49. The van der Waals surface area contributed by atoms with E-state index in [4.69, 9.17) is 5.11 Å². The van der Waals surface area contributed by atoms with Crippen LogP contribution in [-0.2, 0) is 0 Å². The first-order chi connectivity index (χ1) is 9.88. The van der Waals surface area contributed by atoms with Gasteiger partial charge in [0.2, 0.25) is 0 Å². The fourth-order valence-electron chi connectivity index (χ4n) is 1.54. The van der Waals surface area contributed by atoms with Crippen molar-refractivity contribution >= 4 is 33.5 Å². The summed E-state index contributed by atoms with van der Waals surface area (Å²) in [5.41, 5.74) is -0.575. The summed E-state index contributed by atoms with van der Waals surface area (Å²) in [6.07, 6.45) is 1.15. The van der Waals surface area contributed by atoms with Crippen LogP contribution in [0.3, 0.4) is 0 Å². The second-order valence-corrected chi connectivity index (χ2v) is 4.79. The summed E-state index contributed by atoms with van der Waals surface area (Å²) in [5, 5.41) is 11.0. The molecule has 0 atom stereocenters. The van der Waals surface area contributed by atoms with Crippen LogP contribution in [0.5, 0.6) is 0 Å². The van der Waals surface area contributed by atoms with Crippen LogP contribution in [0.1, 0.15) is 20.8 Å². The van der Waals surface area contributed by atoms with Gasteiger partial charge < -0.3 is 10.4 Å². The summed E-state index contributed by atoms with van der Waals surface area (Å²) in [7, 11) is 0. The number of rotatable bonds is 3. The standard InChI is InChI=1S/C13H7BrF2N2O3/c14-8-4-7(15)5-9(16)11(8)18-12(19)6-1-2-17-10(3-6)13(20)21/h1-5H,(H,18,19)(H,20,21). The highest BCUT2D eigenvalue weighted by Crippen LogP contribution is 2.27. The average Bonchev–Trinajstić information content (AvgIpc) is 2.42. The Balaban J connectivity index is 2.30. The first-order valence-corrected chi connectivity index (χ1v) is 6.33. The molecule has 1 heterocycles. The quantitative estimate of drug-likeness (QED) is 0.885. The maximum absolute atomic E-state index is 13.6. The molecular formula is C13H7BrF2N2O3. The van der Waals surface area contributed by atoms with Crippen molar-refractivity contribution in [3.05, 3.63) is 57.8 Å². The number of amides is 1. The Bertz CT molecular complexity index is 714. The maximum Gasteiger partial charge on any atom is 0.354 e. The number of carbonyl (C=O) groups is 2. The van der Waals surface area contributed by atoms with Gasteiger partial charge in [-0.2, -0.15) is 0 Å². The van der Waals surface area contributed by atoms with E-state index in [0.29, 0.717) is 6.07 Å². The van der Waals surface area contributed by atoms with Crippen LogP contribution in [-0.4, -0.2) is 22.0 Å². The summed E-state index contributed by atoms with van der Waals surface area (Å²) in [6, 6.07) is 3.94. The van der Waals surface area contributed by atoms with E-state index in [0.717, 1.165) is 18.3 Å². The Labute approximate surface area is 125 Å². The number of carboxylic acids is 1. The number of nitrogens with one attached hydrogen (secondary N) is 1. The topological polar surface area (TPSA) is 79.3 Å². The molecule has 8 heteroatoms. The van der Waals surface area contributed by atoms with Gasteiger partial charge >= 0.3 is 5.97 Å².